The standard InChI is InChI=1S/C18H19FN2O3/c1-2-23-17(22)14-15(12-6-3-4-7-13(12)19)20-21-10-18(8-5-9-18)11-24-16(14)21/h3-4,6-7H,2,5,8-11H2,1H3. The van der Waals surface area contributed by atoms with Gasteiger partial charge in [-0.25, -0.2) is 13.9 Å². The van der Waals surface area contributed by atoms with Crippen molar-refractivity contribution in [3.05, 3.63) is 35.6 Å². The van der Waals surface area contributed by atoms with E-state index in [0.29, 0.717) is 19.0 Å². The van der Waals surface area contributed by atoms with Gasteiger partial charge in [0.25, 0.3) is 0 Å². The van der Waals surface area contributed by atoms with Gasteiger partial charge in [0.1, 0.15) is 17.1 Å². The summed E-state index contributed by atoms with van der Waals surface area (Å²) in [7, 11) is 0. The van der Waals surface area contributed by atoms with Gasteiger partial charge in [-0.1, -0.05) is 18.6 Å². The van der Waals surface area contributed by atoms with Crippen LogP contribution in [0.15, 0.2) is 24.3 Å². The number of nitrogens with zero attached hydrogens (tertiary/aromatic N) is 2. The molecule has 0 saturated heterocycles. The number of hydrogen-bond acceptors (Lipinski definition) is 4. The summed E-state index contributed by atoms with van der Waals surface area (Å²) in [6, 6.07) is 6.31. The molecule has 5 nitrogen and oxygen atoms in total. The Morgan fingerprint density at radius 1 is 1.42 bits per heavy atom. The molecule has 1 aliphatic carbocycles. The maximum atomic E-state index is 14.3. The van der Waals surface area contributed by atoms with Gasteiger partial charge in [-0.15, -0.1) is 0 Å². The molecule has 2 aliphatic rings. The number of benzene rings is 1. The van der Waals surface area contributed by atoms with Crippen molar-refractivity contribution in [2.75, 3.05) is 13.2 Å². The third kappa shape index (κ3) is 2.28. The molecule has 0 amide bonds. The minimum Gasteiger partial charge on any atom is -0.477 e. The Morgan fingerprint density at radius 3 is 2.88 bits per heavy atom. The lowest BCUT2D eigenvalue weighted by atomic mass is 9.69. The Morgan fingerprint density at radius 2 is 2.21 bits per heavy atom. The first-order valence-electron chi connectivity index (χ1n) is 8.29. The summed E-state index contributed by atoms with van der Waals surface area (Å²) in [5.41, 5.74) is 0.903. The second kappa shape index (κ2) is 5.61. The molecular weight excluding hydrogens is 311 g/mol. The van der Waals surface area contributed by atoms with Crippen LogP contribution in [0, 0.1) is 11.2 Å². The third-order valence-corrected chi connectivity index (χ3v) is 4.93. The molecule has 1 spiro atoms. The normalized spacial score (nSPS) is 17.8. The Hall–Kier alpha value is -2.37. The molecule has 1 aromatic heterocycles. The van der Waals surface area contributed by atoms with Crippen molar-refractivity contribution in [3.8, 4) is 17.1 Å². The van der Waals surface area contributed by atoms with Gasteiger partial charge in [-0.2, -0.15) is 5.10 Å². The van der Waals surface area contributed by atoms with Crippen LogP contribution in [0.25, 0.3) is 11.3 Å². The Kier molecular flexibility index (Phi) is 3.55. The first-order valence-corrected chi connectivity index (χ1v) is 8.29. The highest BCUT2D eigenvalue weighted by molar-refractivity contribution is 5.99. The van der Waals surface area contributed by atoms with Gasteiger partial charge >= 0.3 is 5.97 Å². The monoisotopic (exact) mass is 330 g/mol. The van der Waals surface area contributed by atoms with E-state index in [4.69, 9.17) is 9.47 Å². The van der Waals surface area contributed by atoms with Gasteiger partial charge in [-0.05, 0) is 31.9 Å². The average Bonchev–Trinajstić information content (AvgIpc) is 2.92. The predicted molar refractivity (Wildman–Crippen MR) is 85.4 cm³/mol. The van der Waals surface area contributed by atoms with E-state index in [9.17, 15) is 9.18 Å². The third-order valence-electron chi connectivity index (χ3n) is 4.93. The van der Waals surface area contributed by atoms with E-state index in [1.807, 2.05) is 0 Å². The molecule has 0 bridgehead atoms. The molecule has 2 heterocycles. The summed E-state index contributed by atoms with van der Waals surface area (Å²) in [5, 5.41) is 4.51. The van der Waals surface area contributed by atoms with Crippen molar-refractivity contribution in [1.29, 1.82) is 0 Å². The van der Waals surface area contributed by atoms with Crippen LogP contribution in [-0.2, 0) is 11.3 Å². The van der Waals surface area contributed by atoms with E-state index in [0.717, 1.165) is 12.8 Å². The van der Waals surface area contributed by atoms with E-state index in [-0.39, 0.29) is 28.8 Å². The van der Waals surface area contributed by atoms with Crippen LogP contribution in [0.1, 0.15) is 36.5 Å². The predicted octanol–water partition coefficient (Wildman–Crippen LogP) is 3.43. The molecule has 1 fully saturated rings. The molecule has 1 aliphatic heterocycles. The molecule has 0 radical (unpaired) electrons. The first-order chi connectivity index (χ1) is 11.6. The molecule has 0 atom stereocenters. The highest BCUT2D eigenvalue weighted by Gasteiger charge is 2.44. The van der Waals surface area contributed by atoms with E-state index in [1.54, 1.807) is 29.8 Å². The van der Waals surface area contributed by atoms with Crippen molar-refractivity contribution in [3.63, 3.8) is 0 Å². The number of halogens is 1. The largest absolute Gasteiger partial charge is 0.477 e. The van der Waals surface area contributed by atoms with Gasteiger partial charge in [0.2, 0.25) is 5.88 Å². The molecule has 24 heavy (non-hydrogen) atoms. The molecule has 4 rings (SSSR count). The lowest BCUT2D eigenvalue weighted by molar-refractivity contribution is 0.000667. The summed E-state index contributed by atoms with van der Waals surface area (Å²) in [6.45, 7) is 3.25. The zero-order valence-electron chi connectivity index (χ0n) is 13.5. The average molecular weight is 330 g/mol. The molecule has 6 heteroatoms. The molecule has 126 valence electrons. The Bertz CT molecular complexity index is 796. The summed E-state index contributed by atoms with van der Waals surface area (Å²) in [5.74, 6) is -0.553. The van der Waals surface area contributed by atoms with E-state index < -0.39 is 11.8 Å². The second-order valence-corrected chi connectivity index (χ2v) is 6.53. The van der Waals surface area contributed by atoms with Crippen LogP contribution in [0.5, 0.6) is 5.88 Å². The molecule has 0 unspecified atom stereocenters. The zero-order chi connectivity index (χ0) is 16.7. The van der Waals surface area contributed by atoms with Crippen molar-refractivity contribution in [2.24, 2.45) is 5.41 Å². The number of hydrogen-bond donors (Lipinski definition) is 0. The van der Waals surface area contributed by atoms with E-state index >= 15 is 0 Å². The van der Waals surface area contributed by atoms with Gasteiger partial charge in [0, 0.05) is 11.0 Å². The number of fused-ring (bicyclic) bond motifs is 1. The van der Waals surface area contributed by atoms with Crippen molar-refractivity contribution < 1.29 is 18.7 Å². The van der Waals surface area contributed by atoms with Crippen LogP contribution in [0.2, 0.25) is 0 Å². The number of aromatic nitrogens is 2. The van der Waals surface area contributed by atoms with Gasteiger partial charge < -0.3 is 9.47 Å². The maximum Gasteiger partial charge on any atom is 0.345 e. The van der Waals surface area contributed by atoms with Crippen molar-refractivity contribution in [1.82, 2.24) is 9.78 Å². The summed E-state index contributed by atoms with van der Waals surface area (Å²) < 4.78 is 27.0. The fourth-order valence-electron chi connectivity index (χ4n) is 3.49. The summed E-state index contributed by atoms with van der Waals surface area (Å²) in [6.07, 6.45) is 3.37. The minimum atomic E-state index is -0.526. The topological polar surface area (TPSA) is 53.3 Å². The van der Waals surface area contributed by atoms with Gasteiger partial charge in [-0.3, -0.25) is 0 Å². The zero-order valence-corrected chi connectivity index (χ0v) is 13.5. The number of carbonyl (C=O) groups excluding carboxylic acids is 1. The van der Waals surface area contributed by atoms with Crippen LogP contribution >= 0.6 is 0 Å². The molecular formula is C18H19FN2O3. The molecule has 0 N–H and O–H groups in total. The van der Waals surface area contributed by atoms with Gasteiger partial charge in [0.15, 0.2) is 0 Å². The van der Waals surface area contributed by atoms with E-state index in [1.165, 1.54) is 12.5 Å². The fraction of sp³-hybridized carbons (Fsp3) is 0.444. The van der Waals surface area contributed by atoms with Crippen LogP contribution in [0.4, 0.5) is 4.39 Å². The molecule has 1 aromatic carbocycles. The summed E-state index contributed by atoms with van der Waals surface area (Å²) >= 11 is 0. The smallest absolute Gasteiger partial charge is 0.345 e. The van der Waals surface area contributed by atoms with Crippen LogP contribution in [-0.4, -0.2) is 29.0 Å². The maximum absolute atomic E-state index is 14.3. The number of carbonyl (C=O) groups is 1. The highest BCUT2D eigenvalue weighted by atomic mass is 19.1. The van der Waals surface area contributed by atoms with Gasteiger partial charge in [0.05, 0.1) is 19.8 Å². The quantitative estimate of drug-likeness (QED) is 0.809. The fourth-order valence-corrected chi connectivity index (χ4v) is 3.49. The van der Waals surface area contributed by atoms with Crippen LogP contribution < -0.4 is 4.74 Å². The van der Waals surface area contributed by atoms with E-state index in [2.05, 4.69) is 5.10 Å². The lowest BCUT2D eigenvalue weighted by Gasteiger charge is -2.44. The van der Waals surface area contributed by atoms with Crippen molar-refractivity contribution in [2.45, 2.75) is 32.7 Å². The number of esters is 1. The summed E-state index contributed by atoms with van der Waals surface area (Å²) in [4.78, 5) is 12.5. The minimum absolute atomic E-state index is 0.109. The lowest BCUT2D eigenvalue weighted by Crippen LogP contribution is -2.43. The highest BCUT2D eigenvalue weighted by Crippen LogP contribution is 2.47. The Labute approximate surface area is 139 Å². The van der Waals surface area contributed by atoms with Crippen LogP contribution in [0.3, 0.4) is 0 Å². The van der Waals surface area contributed by atoms with Crippen molar-refractivity contribution >= 4 is 5.97 Å². The molecule has 1 saturated carbocycles. The first kappa shape index (κ1) is 15.2. The SMILES string of the molecule is CCOC(=O)c1c(-c2ccccc2F)nn2c1OCC1(CCC1)C2. The molecule has 2 aromatic rings. The second-order valence-electron chi connectivity index (χ2n) is 6.53. The number of rotatable bonds is 3. The Balaban J connectivity index is 1.84. The number of ether oxygens (including phenoxy) is 2.